The number of aliphatic hydroxyl groups excluding tert-OH is 1. The lowest BCUT2D eigenvalue weighted by atomic mass is 9.96. The zero-order valence-corrected chi connectivity index (χ0v) is 15.3. The van der Waals surface area contributed by atoms with Crippen LogP contribution in [-0.2, 0) is 28.5 Å². The van der Waals surface area contributed by atoms with Crippen LogP contribution in [0.25, 0.3) is 0 Å². The van der Waals surface area contributed by atoms with Crippen LogP contribution in [0.2, 0.25) is 0 Å². The number of aliphatic hydroxyl groups is 1. The number of ether oxygens (including phenoxy) is 3. The maximum atomic E-state index is 12.6. The number of hydrogen-bond donors (Lipinski definition) is 1. The van der Waals surface area contributed by atoms with Gasteiger partial charge in [0.05, 0.1) is 30.8 Å². The van der Waals surface area contributed by atoms with Crippen molar-refractivity contribution in [3.05, 3.63) is 29.8 Å². The van der Waals surface area contributed by atoms with Crippen LogP contribution in [0.15, 0.2) is 29.2 Å². The highest BCUT2D eigenvalue weighted by atomic mass is 32.2. The average molecular weight is 385 g/mol. The fourth-order valence-electron chi connectivity index (χ4n) is 3.70. The summed E-state index contributed by atoms with van der Waals surface area (Å²) in [4.78, 5) is 2.09. The molecule has 8 nitrogen and oxygen atoms in total. The van der Waals surface area contributed by atoms with Crippen molar-refractivity contribution in [1.29, 1.82) is 0 Å². The van der Waals surface area contributed by atoms with Crippen LogP contribution in [0, 0.1) is 6.92 Å². The highest BCUT2D eigenvalue weighted by Crippen LogP contribution is 2.34. The Morgan fingerprint density at radius 2 is 1.88 bits per heavy atom. The van der Waals surface area contributed by atoms with Crippen LogP contribution < -0.4 is 0 Å². The summed E-state index contributed by atoms with van der Waals surface area (Å²) in [6.45, 7) is 4.58. The molecule has 3 heterocycles. The summed E-state index contributed by atoms with van der Waals surface area (Å²) in [7, 11) is -4.05. The van der Waals surface area contributed by atoms with Gasteiger partial charge in [-0.3, -0.25) is 9.08 Å². The molecule has 4 rings (SSSR count). The van der Waals surface area contributed by atoms with E-state index in [1.54, 1.807) is 12.1 Å². The zero-order chi connectivity index (χ0) is 18.3. The second-order valence-corrected chi connectivity index (χ2v) is 8.41. The molecular weight excluding hydrogens is 362 g/mol. The van der Waals surface area contributed by atoms with Gasteiger partial charge in [-0.25, -0.2) is 0 Å². The third-order valence-corrected chi connectivity index (χ3v) is 6.41. The molecule has 3 saturated heterocycles. The molecule has 26 heavy (non-hydrogen) atoms. The molecule has 0 amide bonds. The molecule has 3 aliphatic rings. The van der Waals surface area contributed by atoms with Gasteiger partial charge in [-0.05, 0) is 19.1 Å². The van der Waals surface area contributed by atoms with E-state index in [4.69, 9.17) is 18.4 Å². The van der Waals surface area contributed by atoms with E-state index in [-0.39, 0.29) is 11.0 Å². The number of nitrogens with zero attached hydrogens (tertiary/aromatic N) is 1. The van der Waals surface area contributed by atoms with Gasteiger partial charge in [-0.15, -0.1) is 0 Å². The molecule has 9 heteroatoms. The molecule has 1 aromatic rings. The van der Waals surface area contributed by atoms with E-state index >= 15 is 0 Å². The van der Waals surface area contributed by atoms with E-state index in [1.807, 2.05) is 6.92 Å². The average Bonchev–Trinajstić information content (AvgIpc) is 3.06. The summed E-state index contributed by atoms with van der Waals surface area (Å²) >= 11 is 0. The first-order valence-corrected chi connectivity index (χ1v) is 10.1. The van der Waals surface area contributed by atoms with E-state index in [9.17, 15) is 13.5 Å². The van der Waals surface area contributed by atoms with Crippen LogP contribution in [-0.4, -0.2) is 82.0 Å². The van der Waals surface area contributed by atoms with E-state index in [0.29, 0.717) is 32.9 Å². The normalized spacial score (nSPS) is 35.5. The lowest BCUT2D eigenvalue weighted by Crippen LogP contribution is -2.63. The molecule has 5 atom stereocenters. The molecule has 144 valence electrons. The number of benzene rings is 1. The Kier molecular flexibility index (Phi) is 5.04. The molecule has 3 aliphatic heterocycles. The summed E-state index contributed by atoms with van der Waals surface area (Å²) < 4.78 is 47.4. The van der Waals surface area contributed by atoms with E-state index in [2.05, 4.69) is 4.90 Å². The Morgan fingerprint density at radius 3 is 2.58 bits per heavy atom. The van der Waals surface area contributed by atoms with Gasteiger partial charge in [0.25, 0.3) is 10.1 Å². The number of aryl methyl sites for hydroxylation is 1. The van der Waals surface area contributed by atoms with Gasteiger partial charge in [0.1, 0.15) is 12.2 Å². The minimum absolute atomic E-state index is 0.0401. The number of hydrogen-bond acceptors (Lipinski definition) is 8. The number of morpholine rings is 1. The fraction of sp³-hybridized carbons (Fsp3) is 0.647. The van der Waals surface area contributed by atoms with Gasteiger partial charge in [0.15, 0.2) is 12.4 Å². The first kappa shape index (κ1) is 18.3. The monoisotopic (exact) mass is 385 g/mol. The summed E-state index contributed by atoms with van der Waals surface area (Å²) in [6, 6.07) is 5.97. The smallest absolute Gasteiger partial charge is 0.297 e. The van der Waals surface area contributed by atoms with Crippen molar-refractivity contribution in [3.8, 4) is 0 Å². The summed E-state index contributed by atoms with van der Waals surface area (Å²) in [5.74, 6) is 0. The molecule has 0 aromatic heterocycles. The second kappa shape index (κ2) is 7.16. The summed E-state index contributed by atoms with van der Waals surface area (Å²) in [5, 5.41) is 10.9. The quantitative estimate of drug-likeness (QED) is 0.718. The third kappa shape index (κ3) is 3.40. The van der Waals surface area contributed by atoms with Crippen LogP contribution in [0.1, 0.15) is 5.56 Å². The van der Waals surface area contributed by atoms with E-state index in [1.165, 1.54) is 12.1 Å². The van der Waals surface area contributed by atoms with Crippen LogP contribution in [0.4, 0.5) is 0 Å². The zero-order valence-electron chi connectivity index (χ0n) is 14.5. The lowest BCUT2D eigenvalue weighted by molar-refractivity contribution is -0.211. The minimum atomic E-state index is -4.05. The standard InChI is InChI=1S/C17H23NO7S/c1-11-2-4-12(5-3-11)26(20,21)25-16-15(19)14(13-10-23-17(16)24-13)18-6-8-22-9-7-18/h2-5,13-17,19H,6-10H2,1H3/t13-,14-,15+,16+,17-/m1/s1. The topological polar surface area (TPSA) is 94.5 Å². The minimum Gasteiger partial charge on any atom is -0.388 e. The summed E-state index contributed by atoms with van der Waals surface area (Å²) in [5.41, 5.74) is 0.944. The number of fused-ring (bicyclic) bond motifs is 2. The first-order valence-electron chi connectivity index (χ1n) is 8.72. The molecule has 2 bridgehead atoms. The van der Waals surface area contributed by atoms with Gasteiger partial charge >= 0.3 is 0 Å². The highest BCUT2D eigenvalue weighted by Gasteiger charge is 2.54. The second-order valence-electron chi connectivity index (χ2n) is 6.83. The maximum Gasteiger partial charge on any atom is 0.297 e. The van der Waals surface area contributed by atoms with Gasteiger partial charge in [-0.1, -0.05) is 17.7 Å². The van der Waals surface area contributed by atoms with Crippen molar-refractivity contribution >= 4 is 10.1 Å². The van der Waals surface area contributed by atoms with Crippen LogP contribution in [0.3, 0.4) is 0 Å². The Balaban J connectivity index is 1.56. The van der Waals surface area contributed by atoms with Gasteiger partial charge < -0.3 is 19.3 Å². The van der Waals surface area contributed by atoms with Crippen molar-refractivity contribution in [1.82, 2.24) is 4.90 Å². The molecule has 0 spiro atoms. The lowest BCUT2D eigenvalue weighted by Gasteiger charge is -2.44. The molecule has 0 saturated carbocycles. The van der Waals surface area contributed by atoms with Crippen molar-refractivity contribution in [2.24, 2.45) is 0 Å². The number of rotatable bonds is 4. The Morgan fingerprint density at radius 1 is 1.19 bits per heavy atom. The fourth-order valence-corrected chi connectivity index (χ4v) is 4.78. The first-order chi connectivity index (χ1) is 12.5. The molecular formula is C17H23NO7S. The third-order valence-electron chi connectivity index (χ3n) is 5.08. The largest absolute Gasteiger partial charge is 0.388 e. The summed E-state index contributed by atoms with van der Waals surface area (Å²) in [6.07, 6.45) is -3.37. The predicted molar refractivity (Wildman–Crippen MR) is 90.0 cm³/mol. The Hall–Kier alpha value is -1.07. The SMILES string of the molecule is Cc1ccc(S(=O)(=O)O[C@@H]2[C@@H]3OC[C@@H](O3)[C@@H](N3CCOCC3)[C@@H]2O)cc1. The van der Waals surface area contributed by atoms with Gasteiger partial charge in [0.2, 0.25) is 0 Å². The van der Waals surface area contributed by atoms with Gasteiger partial charge in [-0.2, -0.15) is 8.42 Å². The van der Waals surface area contributed by atoms with E-state index in [0.717, 1.165) is 5.56 Å². The van der Waals surface area contributed by atoms with Crippen LogP contribution in [0.5, 0.6) is 0 Å². The predicted octanol–water partition coefficient (Wildman–Crippen LogP) is -0.114. The van der Waals surface area contributed by atoms with Gasteiger partial charge in [0, 0.05) is 13.1 Å². The molecule has 1 N–H and O–H groups in total. The molecule has 3 fully saturated rings. The van der Waals surface area contributed by atoms with Crippen molar-refractivity contribution in [2.75, 3.05) is 32.9 Å². The highest BCUT2D eigenvalue weighted by molar-refractivity contribution is 7.86. The molecule has 0 unspecified atom stereocenters. The van der Waals surface area contributed by atoms with Crippen molar-refractivity contribution in [2.45, 2.75) is 42.5 Å². The molecule has 0 radical (unpaired) electrons. The molecule has 0 aliphatic carbocycles. The Bertz CT molecular complexity index is 732. The van der Waals surface area contributed by atoms with Crippen molar-refractivity contribution in [3.63, 3.8) is 0 Å². The van der Waals surface area contributed by atoms with Crippen LogP contribution >= 0.6 is 0 Å². The maximum absolute atomic E-state index is 12.6. The van der Waals surface area contributed by atoms with E-state index < -0.39 is 34.7 Å². The Labute approximate surface area is 152 Å². The molecule has 1 aromatic carbocycles. The van der Waals surface area contributed by atoms with Crippen molar-refractivity contribution < 1.29 is 31.9 Å².